The van der Waals surface area contributed by atoms with Gasteiger partial charge in [0, 0.05) is 81.8 Å². The fraction of sp³-hybridized carbons (Fsp3) is 0.552. The number of anilines is 2. The summed E-state index contributed by atoms with van der Waals surface area (Å²) in [6.07, 6.45) is 5.12. The van der Waals surface area contributed by atoms with Gasteiger partial charge in [0.1, 0.15) is 0 Å². The highest BCUT2D eigenvalue weighted by Crippen LogP contribution is 2.41. The van der Waals surface area contributed by atoms with E-state index in [1.54, 1.807) is 22.7 Å². The van der Waals surface area contributed by atoms with Crippen molar-refractivity contribution in [2.24, 2.45) is 18.9 Å². The summed E-state index contributed by atoms with van der Waals surface area (Å²) >= 11 is 0. The highest BCUT2D eigenvalue weighted by atomic mass is 19.3. The number of aromatic amines is 1. The maximum absolute atomic E-state index is 13.3. The van der Waals surface area contributed by atoms with Gasteiger partial charge in [-0.05, 0) is 47.9 Å². The molecule has 6 rings (SSSR count). The minimum absolute atomic E-state index is 0.0264. The van der Waals surface area contributed by atoms with Gasteiger partial charge in [0.05, 0.1) is 12.7 Å². The molecular weight excluding hydrogens is 502 g/mol. The van der Waals surface area contributed by atoms with E-state index in [-0.39, 0.29) is 18.2 Å². The third kappa shape index (κ3) is 6.16. The maximum Gasteiger partial charge on any atom is 0.239 e. The van der Waals surface area contributed by atoms with Gasteiger partial charge < -0.3 is 14.5 Å². The summed E-state index contributed by atoms with van der Waals surface area (Å²) in [4.78, 5) is 15.8. The van der Waals surface area contributed by atoms with E-state index in [0.29, 0.717) is 32.5 Å². The normalized spacial score (nSPS) is 20.5. The number of halogens is 2. The fourth-order valence-electron chi connectivity index (χ4n) is 5.78. The number of H-pyrrole nitrogens is 1. The lowest BCUT2D eigenvalue weighted by Gasteiger charge is -2.36. The Bertz CT molecular complexity index is 1280. The van der Waals surface area contributed by atoms with Gasteiger partial charge in [-0.2, -0.15) is 10.2 Å². The Morgan fingerprint density at radius 3 is 2.74 bits per heavy atom. The molecule has 3 aliphatic rings. The molecule has 1 N–H and O–H groups in total. The molecule has 1 amide bonds. The summed E-state index contributed by atoms with van der Waals surface area (Å²) in [6.45, 7) is 7.41. The van der Waals surface area contributed by atoms with E-state index >= 15 is 0 Å². The van der Waals surface area contributed by atoms with Crippen LogP contribution in [0.15, 0.2) is 30.6 Å². The first-order valence-corrected chi connectivity index (χ1v) is 13.9. The molecular formula is C29H38F2N6O2. The Hall–Kier alpha value is -3.27. The summed E-state index contributed by atoms with van der Waals surface area (Å²) in [5.74, 6) is 1.45. The van der Waals surface area contributed by atoms with Gasteiger partial charge in [0.2, 0.25) is 12.3 Å². The van der Waals surface area contributed by atoms with Crippen molar-refractivity contribution < 1.29 is 18.3 Å². The molecule has 0 spiro atoms. The van der Waals surface area contributed by atoms with Crippen LogP contribution < -0.4 is 4.90 Å². The van der Waals surface area contributed by atoms with Gasteiger partial charge in [-0.15, -0.1) is 0 Å². The molecule has 2 atom stereocenters. The zero-order chi connectivity index (χ0) is 27.5. The van der Waals surface area contributed by atoms with Crippen LogP contribution in [0.1, 0.15) is 49.9 Å². The molecule has 1 aromatic carbocycles. The van der Waals surface area contributed by atoms with Crippen molar-refractivity contribution in [3.8, 4) is 11.1 Å². The van der Waals surface area contributed by atoms with E-state index < -0.39 is 6.43 Å². The summed E-state index contributed by atoms with van der Waals surface area (Å²) < 4.78 is 33.6. The van der Waals surface area contributed by atoms with Gasteiger partial charge in [0.25, 0.3) is 0 Å². The highest BCUT2D eigenvalue weighted by molar-refractivity contribution is 5.76. The number of benzene rings is 1. The number of aromatic nitrogens is 4. The molecule has 8 nitrogen and oxygen atoms in total. The first-order chi connectivity index (χ1) is 18.8. The summed E-state index contributed by atoms with van der Waals surface area (Å²) in [5.41, 5.74) is 6.01. The number of rotatable bonds is 5. The Morgan fingerprint density at radius 2 is 2.10 bits per heavy atom. The number of amides is 1. The molecule has 1 unspecified atom stereocenters. The predicted octanol–water partition coefficient (Wildman–Crippen LogP) is 5.11. The van der Waals surface area contributed by atoms with Crippen LogP contribution in [0.3, 0.4) is 0 Å². The number of alkyl halides is 2. The number of aryl methyl sites for hydroxylation is 1. The second-order valence-electron chi connectivity index (χ2n) is 10.9. The fourth-order valence-corrected chi connectivity index (χ4v) is 5.78. The molecule has 5 heterocycles. The Labute approximate surface area is 228 Å². The van der Waals surface area contributed by atoms with Crippen LogP contribution in [0, 0.1) is 11.8 Å². The van der Waals surface area contributed by atoms with Crippen LogP contribution in [-0.2, 0) is 36.0 Å². The standard InChI is InChI=1S/C23H26F2N6O.C6H12O/c1-14(32)30-6-5-20-19(13-30)23(28-27-20)31-11-15(8-22(24)25)7-17-9-16(3-4-21(17)31)18-10-26-29(2)12-18;1-2-6-3-4-7-5-6/h3-4,9-10,12,15,22H,5-8,11,13H2,1-2H3,(H,27,28);6H,2-5H2,1H3/t;6-/m.0/s1. The molecule has 210 valence electrons. The lowest BCUT2D eigenvalue weighted by molar-refractivity contribution is -0.129. The van der Waals surface area contributed by atoms with Crippen molar-refractivity contribution in [3.05, 3.63) is 47.4 Å². The molecule has 0 saturated carbocycles. The minimum atomic E-state index is -2.36. The van der Waals surface area contributed by atoms with Crippen LogP contribution in [0.2, 0.25) is 0 Å². The number of carbonyl (C=O) groups excluding carboxylic acids is 1. The van der Waals surface area contributed by atoms with Crippen LogP contribution in [0.5, 0.6) is 0 Å². The molecule has 0 radical (unpaired) electrons. The van der Waals surface area contributed by atoms with Crippen LogP contribution >= 0.6 is 0 Å². The van der Waals surface area contributed by atoms with Crippen LogP contribution in [0.25, 0.3) is 11.1 Å². The van der Waals surface area contributed by atoms with E-state index in [0.717, 1.165) is 58.6 Å². The highest BCUT2D eigenvalue weighted by Gasteiger charge is 2.33. The van der Waals surface area contributed by atoms with Crippen molar-refractivity contribution in [1.29, 1.82) is 0 Å². The first kappa shape index (κ1) is 27.3. The summed E-state index contributed by atoms with van der Waals surface area (Å²) in [5, 5.41) is 11.9. The van der Waals surface area contributed by atoms with Gasteiger partial charge in [-0.25, -0.2) is 8.78 Å². The minimum Gasteiger partial charge on any atom is -0.381 e. The molecule has 1 saturated heterocycles. The summed E-state index contributed by atoms with van der Waals surface area (Å²) in [7, 11) is 1.87. The molecule has 3 aliphatic heterocycles. The number of hydrogen-bond donors (Lipinski definition) is 1. The first-order valence-electron chi connectivity index (χ1n) is 13.9. The van der Waals surface area contributed by atoms with Gasteiger partial charge in [0.15, 0.2) is 5.82 Å². The molecule has 3 aromatic rings. The maximum atomic E-state index is 13.3. The Kier molecular flexibility index (Phi) is 8.30. The second kappa shape index (κ2) is 11.9. The quantitative estimate of drug-likeness (QED) is 0.486. The van der Waals surface area contributed by atoms with Gasteiger partial charge in [-0.3, -0.25) is 14.6 Å². The number of ether oxygens (including phenoxy) is 1. The number of nitrogens with zero attached hydrogens (tertiary/aromatic N) is 5. The largest absolute Gasteiger partial charge is 0.381 e. The monoisotopic (exact) mass is 540 g/mol. The second-order valence-corrected chi connectivity index (χ2v) is 10.9. The number of nitrogens with one attached hydrogen (secondary N) is 1. The summed E-state index contributed by atoms with van der Waals surface area (Å²) in [6, 6.07) is 6.16. The van der Waals surface area contributed by atoms with E-state index in [2.05, 4.69) is 33.2 Å². The third-order valence-electron chi connectivity index (χ3n) is 8.08. The molecule has 39 heavy (non-hydrogen) atoms. The Balaban J connectivity index is 0.000000384. The average molecular weight is 541 g/mol. The number of fused-ring (bicyclic) bond motifs is 2. The van der Waals surface area contributed by atoms with E-state index in [9.17, 15) is 13.6 Å². The Morgan fingerprint density at radius 1 is 1.26 bits per heavy atom. The predicted molar refractivity (Wildman–Crippen MR) is 146 cm³/mol. The van der Waals surface area contributed by atoms with Crippen molar-refractivity contribution in [2.75, 3.05) is 31.2 Å². The molecule has 1 fully saturated rings. The van der Waals surface area contributed by atoms with Crippen LogP contribution in [0.4, 0.5) is 20.3 Å². The van der Waals surface area contributed by atoms with Crippen molar-refractivity contribution in [2.45, 2.75) is 58.9 Å². The van der Waals surface area contributed by atoms with Crippen molar-refractivity contribution in [1.82, 2.24) is 24.9 Å². The topological polar surface area (TPSA) is 79.3 Å². The van der Waals surface area contributed by atoms with Crippen molar-refractivity contribution >= 4 is 17.4 Å². The molecule has 2 aromatic heterocycles. The van der Waals surface area contributed by atoms with E-state index in [4.69, 9.17) is 4.74 Å². The zero-order valence-corrected chi connectivity index (χ0v) is 23.0. The lowest BCUT2D eigenvalue weighted by Crippen LogP contribution is -2.36. The lowest BCUT2D eigenvalue weighted by atomic mass is 9.88. The van der Waals surface area contributed by atoms with E-state index in [1.807, 2.05) is 25.4 Å². The van der Waals surface area contributed by atoms with Crippen LogP contribution in [-0.4, -0.2) is 63.5 Å². The van der Waals surface area contributed by atoms with E-state index in [1.165, 1.54) is 12.8 Å². The molecule has 0 aliphatic carbocycles. The SMILES string of the molecule is CC(=O)N1CCc2[nH]nc(N3CC(CC(F)F)Cc4cc(-c5cnn(C)c5)ccc43)c2C1.CC[C@H]1CCOC1. The van der Waals surface area contributed by atoms with Gasteiger partial charge >= 0.3 is 0 Å². The number of hydrogen-bond acceptors (Lipinski definition) is 5. The third-order valence-corrected chi connectivity index (χ3v) is 8.08. The molecule has 0 bridgehead atoms. The smallest absolute Gasteiger partial charge is 0.239 e. The van der Waals surface area contributed by atoms with Gasteiger partial charge in [-0.1, -0.05) is 19.4 Å². The average Bonchev–Trinajstić information content (AvgIpc) is 3.68. The zero-order valence-electron chi connectivity index (χ0n) is 23.0. The van der Waals surface area contributed by atoms with Crippen molar-refractivity contribution in [3.63, 3.8) is 0 Å². The molecule has 10 heteroatoms. The number of carbonyl (C=O) groups is 1.